The topological polar surface area (TPSA) is 95.7 Å². The summed E-state index contributed by atoms with van der Waals surface area (Å²) in [6.45, 7) is 3.85. The van der Waals surface area contributed by atoms with Crippen molar-refractivity contribution < 1.29 is 18.8 Å². The van der Waals surface area contributed by atoms with Crippen molar-refractivity contribution in [1.29, 1.82) is 0 Å². The standard InChI is InChI=1S/C19H27FN4O3/c1-2-24(12-17(25)22-10-14-5-7-16(20)8-6-14)18(26)13-23-9-3-4-15(11-23)19(21)27/h5-8,15H,2-4,9-13H2,1H3,(H2,21,27)(H,22,25)/t15-/m1/s1. The van der Waals surface area contributed by atoms with Crippen LogP contribution in [0.15, 0.2) is 24.3 Å². The summed E-state index contributed by atoms with van der Waals surface area (Å²) >= 11 is 0. The number of rotatable bonds is 8. The van der Waals surface area contributed by atoms with Crippen molar-refractivity contribution in [3.63, 3.8) is 0 Å². The van der Waals surface area contributed by atoms with E-state index in [4.69, 9.17) is 5.73 Å². The van der Waals surface area contributed by atoms with Crippen LogP contribution >= 0.6 is 0 Å². The summed E-state index contributed by atoms with van der Waals surface area (Å²) in [6, 6.07) is 5.87. The van der Waals surface area contributed by atoms with Gasteiger partial charge in [-0.3, -0.25) is 19.3 Å². The molecule has 0 aliphatic carbocycles. The molecule has 0 spiro atoms. The van der Waals surface area contributed by atoms with Crippen LogP contribution in [0.3, 0.4) is 0 Å². The Balaban J connectivity index is 1.80. The average molecular weight is 378 g/mol. The minimum absolute atomic E-state index is 0.0381. The summed E-state index contributed by atoms with van der Waals surface area (Å²) in [7, 11) is 0. The number of nitrogens with one attached hydrogen (secondary N) is 1. The third-order valence-electron chi connectivity index (χ3n) is 4.74. The minimum atomic E-state index is -0.334. The Hall–Kier alpha value is -2.48. The molecular weight excluding hydrogens is 351 g/mol. The molecule has 0 radical (unpaired) electrons. The predicted molar refractivity (Wildman–Crippen MR) is 98.9 cm³/mol. The fraction of sp³-hybridized carbons (Fsp3) is 0.526. The maximum absolute atomic E-state index is 12.9. The van der Waals surface area contributed by atoms with E-state index < -0.39 is 0 Å². The molecule has 7 nitrogen and oxygen atoms in total. The third-order valence-corrected chi connectivity index (χ3v) is 4.74. The number of nitrogens with two attached hydrogens (primary N) is 1. The van der Waals surface area contributed by atoms with Crippen LogP contribution in [-0.2, 0) is 20.9 Å². The Morgan fingerprint density at radius 3 is 2.63 bits per heavy atom. The van der Waals surface area contributed by atoms with Gasteiger partial charge in [-0.1, -0.05) is 12.1 Å². The molecule has 8 heteroatoms. The zero-order chi connectivity index (χ0) is 19.8. The van der Waals surface area contributed by atoms with E-state index in [1.54, 1.807) is 12.1 Å². The van der Waals surface area contributed by atoms with Crippen LogP contribution in [0.1, 0.15) is 25.3 Å². The third kappa shape index (κ3) is 6.63. The van der Waals surface area contributed by atoms with Crippen molar-refractivity contribution in [3.05, 3.63) is 35.6 Å². The Kier molecular flexibility index (Phi) is 7.72. The lowest BCUT2D eigenvalue weighted by Crippen LogP contribution is -2.48. The van der Waals surface area contributed by atoms with Crippen molar-refractivity contribution in [2.75, 3.05) is 32.7 Å². The smallest absolute Gasteiger partial charge is 0.239 e. The number of piperidine rings is 1. The molecule has 2 rings (SSSR count). The molecule has 0 aromatic heterocycles. The number of carbonyl (C=O) groups is 3. The van der Waals surface area contributed by atoms with Crippen LogP contribution in [0.2, 0.25) is 0 Å². The Morgan fingerprint density at radius 2 is 2.00 bits per heavy atom. The normalized spacial score (nSPS) is 17.3. The zero-order valence-electron chi connectivity index (χ0n) is 15.6. The molecule has 1 aromatic rings. The predicted octanol–water partition coefficient (Wildman–Crippen LogP) is 0.488. The Bertz CT molecular complexity index is 665. The average Bonchev–Trinajstić information content (AvgIpc) is 2.65. The molecule has 3 N–H and O–H groups in total. The number of halogens is 1. The molecular formula is C19H27FN4O3. The lowest BCUT2D eigenvalue weighted by atomic mass is 9.97. The zero-order valence-corrected chi connectivity index (χ0v) is 15.6. The van der Waals surface area contributed by atoms with E-state index in [1.807, 2.05) is 11.8 Å². The van der Waals surface area contributed by atoms with Crippen molar-refractivity contribution >= 4 is 17.7 Å². The molecule has 1 saturated heterocycles. The number of likely N-dealkylation sites (N-methyl/N-ethyl adjacent to an activating group) is 1. The summed E-state index contributed by atoms with van der Waals surface area (Å²) in [5, 5.41) is 2.73. The van der Waals surface area contributed by atoms with Gasteiger partial charge in [-0.2, -0.15) is 0 Å². The first-order valence-electron chi connectivity index (χ1n) is 9.19. The highest BCUT2D eigenvalue weighted by Crippen LogP contribution is 2.15. The lowest BCUT2D eigenvalue weighted by Gasteiger charge is -2.32. The summed E-state index contributed by atoms with van der Waals surface area (Å²) in [5.41, 5.74) is 6.15. The highest BCUT2D eigenvalue weighted by atomic mass is 19.1. The highest BCUT2D eigenvalue weighted by Gasteiger charge is 2.26. The largest absolute Gasteiger partial charge is 0.369 e. The monoisotopic (exact) mass is 378 g/mol. The first-order chi connectivity index (χ1) is 12.9. The maximum Gasteiger partial charge on any atom is 0.239 e. The Labute approximate surface area is 158 Å². The second-order valence-electron chi connectivity index (χ2n) is 6.79. The molecule has 1 atom stereocenters. The van der Waals surface area contributed by atoms with Crippen LogP contribution in [0.5, 0.6) is 0 Å². The van der Waals surface area contributed by atoms with Gasteiger partial charge in [0.1, 0.15) is 5.82 Å². The van der Waals surface area contributed by atoms with Crippen LogP contribution in [-0.4, -0.2) is 60.2 Å². The summed E-state index contributed by atoms with van der Waals surface area (Å²) in [5.74, 6) is -1.31. The fourth-order valence-electron chi connectivity index (χ4n) is 3.13. The first-order valence-corrected chi connectivity index (χ1v) is 9.19. The van der Waals surface area contributed by atoms with E-state index in [-0.39, 0.29) is 49.1 Å². The summed E-state index contributed by atoms with van der Waals surface area (Å²) < 4.78 is 12.9. The fourth-order valence-corrected chi connectivity index (χ4v) is 3.13. The van der Waals surface area contributed by atoms with Gasteiger partial charge in [0.2, 0.25) is 17.7 Å². The number of likely N-dealkylation sites (tertiary alicyclic amines) is 1. The summed E-state index contributed by atoms with van der Waals surface area (Å²) in [4.78, 5) is 39.4. The van der Waals surface area contributed by atoms with Crippen molar-refractivity contribution in [2.45, 2.75) is 26.3 Å². The minimum Gasteiger partial charge on any atom is -0.369 e. The number of primary amides is 1. The molecule has 0 bridgehead atoms. The van der Waals surface area contributed by atoms with Gasteiger partial charge in [0.25, 0.3) is 0 Å². The number of carbonyl (C=O) groups excluding carboxylic acids is 3. The van der Waals surface area contributed by atoms with Gasteiger partial charge in [0.05, 0.1) is 19.0 Å². The number of hydrogen-bond donors (Lipinski definition) is 2. The van der Waals surface area contributed by atoms with Crippen LogP contribution in [0.4, 0.5) is 4.39 Å². The van der Waals surface area contributed by atoms with E-state index in [9.17, 15) is 18.8 Å². The van der Waals surface area contributed by atoms with Crippen LogP contribution in [0, 0.1) is 11.7 Å². The Morgan fingerprint density at radius 1 is 1.30 bits per heavy atom. The van der Waals surface area contributed by atoms with E-state index in [0.717, 1.165) is 24.9 Å². The van der Waals surface area contributed by atoms with Gasteiger partial charge < -0.3 is 16.0 Å². The van der Waals surface area contributed by atoms with E-state index in [0.29, 0.717) is 13.1 Å². The quantitative estimate of drug-likeness (QED) is 0.688. The molecule has 1 aromatic carbocycles. The molecule has 27 heavy (non-hydrogen) atoms. The molecule has 3 amide bonds. The highest BCUT2D eigenvalue weighted by molar-refractivity contribution is 5.85. The van der Waals surface area contributed by atoms with Crippen LogP contribution in [0.25, 0.3) is 0 Å². The van der Waals surface area contributed by atoms with Gasteiger partial charge in [0.15, 0.2) is 0 Å². The van der Waals surface area contributed by atoms with Crippen molar-refractivity contribution in [1.82, 2.24) is 15.1 Å². The van der Waals surface area contributed by atoms with Gasteiger partial charge in [-0.25, -0.2) is 4.39 Å². The number of nitrogens with zero attached hydrogens (tertiary/aromatic N) is 2. The second kappa shape index (κ2) is 10.0. The number of benzene rings is 1. The molecule has 148 valence electrons. The second-order valence-corrected chi connectivity index (χ2v) is 6.79. The maximum atomic E-state index is 12.9. The van der Waals surface area contributed by atoms with E-state index in [1.165, 1.54) is 17.0 Å². The molecule has 0 unspecified atom stereocenters. The molecule has 1 fully saturated rings. The van der Waals surface area contributed by atoms with E-state index in [2.05, 4.69) is 5.32 Å². The molecule has 1 heterocycles. The molecule has 1 aliphatic rings. The molecule has 0 saturated carbocycles. The van der Waals surface area contributed by atoms with Gasteiger partial charge in [-0.15, -0.1) is 0 Å². The van der Waals surface area contributed by atoms with Gasteiger partial charge in [0, 0.05) is 19.6 Å². The lowest BCUT2D eigenvalue weighted by molar-refractivity contribution is -0.137. The summed E-state index contributed by atoms with van der Waals surface area (Å²) in [6.07, 6.45) is 1.58. The van der Waals surface area contributed by atoms with E-state index >= 15 is 0 Å². The van der Waals surface area contributed by atoms with Gasteiger partial charge in [-0.05, 0) is 44.0 Å². The number of hydrogen-bond acceptors (Lipinski definition) is 4. The van der Waals surface area contributed by atoms with Crippen molar-refractivity contribution in [3.8, 4) is 0 Å². The van der Waals surface area contributed by atoms with Gasteiger partial charge >= 0.3 is 0 Å². The van der Waals surface area contributed by atoms with Crippen LogP contribution < -0.4 is 11.1 Å². The SMILES string of the molecule is CCN(CC(=O)NCc1ccc(F)cc1)C(=O)CN1CCC[C@@H](C(N)=O)C1. The molecule has 1 aliphatic heterocycles. The first kappa shape index (κ1) is 20.8. The number of amides is 3. The van der Waals surface area contributed by atoms with Crippen molar-refractivity contribution in [2.24, 2.45) is 11.7 Å².